The number of hydrogen-bond donors (Lipinski definition) is 1. The number of amides is 2. The van der Waals surface area contributed by atoms with Gasteiger partial charge in [0.2, 0.25) is 5.91 Å². The van der Waals surface area contributed by atoms with Gasteiger partial charge in [-0.05, 0) is 62.4 Å². The number of aromatic nitrogens is 4. The highest BCUT2D eigenvalue weighted by atomic mass is 19.4. The standard InChI is InChI=1S/C29H33F3N6O2/c1-17-13-21(15-34-25(17)19-7-10-22(11-8-19)37(6)27(40)28(3,4)5)36-26(39)23-16-35-38(18(23)2)24-12-9-20(14-33-24)29(30,31)32/h7,9,12-16,22H,8,10-11H2,1-6H3,(H,36,39). The molecule has 0 saturated heterocycles. The van der Waals surface area contributed by atoms with Gasteiger partial charge in [0.25, 0.3) is 5.91 Å². The third-order valence-electron chi connectivity index (χ3n) is 7.08. The van der Waals surface area contributed by atoms with Gasteiger partial charge in [0.1, 0.15) is 0 Å². The smallest absolute Gasteiger partial charge is 0.342 e. The van der Waals surface area contributed by atoms with Crippen LogP contribution in [0.15, 0.2) is 42.9 Å². The minimum atomic E-state index is -4.49. The molecule has 2 amide bonds. The quantitative estimate of drug-likeness (QED) is 0.418. The van der Waals surface area contributed by atoms with E-state index in [-0.39, 0.29) is 23.3 Å². The molecule has 1 aliphatic rings. The van der Waals surface area contributed by atoms with Gasteiger partial charge >= 0.3 is 6.18 Å². The van der Waals surface area contributed by atoms with Crippen molar-refractivity contribution < 1.29 is 22.8 Å². The lowest BCUT2D eigenvalue weighted by Gasteiger charge is -2.35. The van der Waals surface area contributed by atoms with Crippen molar-refractivity contribution in [1.29, 1.82) is 0 Å². The molecule has 0 fully saturated rings. The van der Waals surface area contributed by atoms with Crippen molar-refractivity contribution in [2.24, 2.45) is 5.41 Å². The zero-order valence-corrected chi connectivity index (χ0v) is 23.4. The topological polar surface area (TPSA) is 93.0 Å². The van der Waals surface area contributed by atoms with Gasteiger partial charge in [-0.25, -0.2) is 9.67 Å². The molecule has 0 spiro atoms. The zero-order chi connectivity index (χ0) is 29.4. The van der Waals surface area contributed by atoms with E-state index in [2.05, 4.69) is 26.5 Å². The Morgan fingerprint density at radius 1 is 1.07 bits per heavy atom. The number of allylic oxidation sites excluding steroid dienone is 1. The van der Waals surface area contributed by atoms with Gasteiger partial charge in [0, 0.05) is 24.7 Å². The predicted octanol–water partition coefficient (Wildman–Crippen LogP) is 5.99. The molecule has 3 heterocycles. The largest absolute Gasteiger partial charge is 0.417 e. The summed E-state index contributed by atoms with van der Waals surface area (Å²) in [7, 11) is 1.86. The fraction of sp³-hybridized carbons (Fsp3) is 0.414. The fourth-order valence-electron chi connectivity index (χ4n) is 4.80. The number of alkyl halides is 3. The molecule has 4 rings (SSSR count). The van der Waals surface area contributed by atoms with E-state index in [0.717, 1.165) is 48.4 Å². The van der Waals surface area contributed by atoms with Crippen molar-refractivity contribution >= 4 is 23.1 Å². The molecule has 1 unspecified atom stereocenters. The minimum absolute atomic E-state index is 0.125. The number of hydrogen-bond acceptors (Lipinski definition) is 5. The second-order valence-electron chi connectivity index (χ2n) is 11.1. The molecule has 0 radical (unpaired) electrons. The predicted molar refractivity (Wildman–Crippen MR) is 146 cm³/mol. The van der Waals surface area contributed by atoms with Crippen molar-refractivity contribution in [2.45, 2.75) is 66.1 Å². The third kappa shape index (κ3) is 6.08. The second-order valence-corrected chi connectivity index (χ2v) is 11.1. The molecule has 40 heavy (non-hydrogen) atoms. The summed E-state index contributed by atoms with van der Waals surface area (Å²) in [5, 5.41) is 6.97. The molecular formula is C29H33F3N6O2. The highest BCUT2D eigenvalue weighted by Crippen LogP contribution is 2.32. The maximum atomic E-state index is 13.0. The average molecular weight is 555 g/mol. The average Bonchev–Trinajstić information content (AvgIpc) is 3.28. The Morgan fingerprint density at radius 3 is 2.35 bits per heavy atom. The molecule has 3 aromatic heterocycles. The first-order valence-corrected chi connectivity index (χ1v) is 13.0. The van der Waals surface area contributed by atoms with Gasteiger partial charge in [-0.3, -0.25) is 14.6 Å². The monoisotopic (exact) mass is 554 g/mol. The van der Waals surface area contributed by atoms with E-state index >= 15 is 0 Å². The maximum Gasteiger partial charge on any atom is 0.417 e. The van der Waals surface area contributed by atoms with Crippen LogP contribution in [0.1, 0.15) is 72.9 Å². The van der Waals surface area contributed by atoms with Crippen molar-refractivity contribution in [1.82, 2.24) is 24.6 Å². The lowest BCUT2D eigenvalue weighted by atomic mass is 9.88. The van der Waals surface area contributed by atoms with Crippen LogP contribution in [0, 0.1) is 19.3 Å². The minimum Gasteiger partial charge on any atom is -0.342 e. The Kier molecular flexibility index (Phi) is 7.87. The van der Waals surface area contributed by atoms with Crippen LogP contribution in [0.25, 0.3) is 11.4 Å². The molecule has 3 aromatic rings. The van der Waals surface area contributed by atoms with E-state index in [1.54, 1.807) is 13.1 Å². The second kappa shape index (κ2) is 10.9. The van der Waals surface area contributed by atoms with Crippen molar-refractivity contribution in [2.75, 3.05) is 12.4 Å². The molecule has 212 valence electrons. The van der Waals surface area contributed by atoms with Crippen molar-refractivity contribution in [3.63, 3.8) is 0 Å². The lowest BCUT2D eigenvalue weighted by Crippen LogP contribution is -2.43. The van der Waals surface area contributed by atoms with Crippen LogP contribution in [-0.4, -0.2) is 49.6 Å². The van der Waals surface area contributed by atoms with Crippen molar-refractivity contribution in [3.05, 3.63) is 70.9 Å². The summed E-state index contributed by atoms with van der Waals surface area (Å²) >= 11 is 0. The Morgan fingerprint density at radius 2 is 1.80 bits per heavy atom. The van der Waals surface area contributed by atoms with Gasteiger partial charge in [-0.15, -0.1) is 0 Å². The number of rotatable bonds is 5. The summed E-state index contributed by atoms with van der Waals surface area (Å²) in [4.78, 5) is 35.9. The Hall–Kier alpha value is -4.02. The number of halogens is 3. The van der Waals surface area contributed by atoms with Gasteiger partial charge in [0.15, 0.2) is 5.82 Å². The summed E-state index contributed by atoms with van der Waals surface area (Å²) in [6, 6.07) is 4.13. The van der Waals surface area contributed by atoms with E-state index in [1.807, 2.05) is 45.7 Å². The van der Waals surface area contributed by atoms with E-state index in [9.17, 15) is 22.8 Å². The van der Waals surface area contributed by atoms with Crippen LogP contribution in [-0.2, 0) is 11.0 Å². The van der Waals surface area contributed by atoms with E-state index in [4.69, 9.17) is 0 Å². The Balaban J connectivity index is 1.44. The summed E-state index contributed by atoms with van der Waals surface area (Å²) in [6.45, 7) is 9.34. The molecular weight excluding hydrogens is 521 g/mol. The highest BCUT2D eigenvalue weighted by Gasteiger charge is 2.32. The van der Waals surface area contributed by atoms with Gasteiger partial charge in [-0.1, -0.05) is 26.8 Å². The van der Waals surface area contributed by atoms with Gasteiger partial charge in [-0.2, -0.15) is 18.3 Å². The molecule has 0 bridgehead atoms. The molecule has 11 heteroatoms. The maximum absolute atomic E-state index is 13.0. The molecule has 0 saturated carbocycles. The summed E-state index contributed by atoms with van der Waals surface area (Å²) < 4.78 is 39.9. The van der Waals surface area contributed by atoms with E-state index in [0.29, 0.717) is 11.4 Å². The Labute approximate surface area is 231 Å². The third-order valence-corrected chi connectivity index (χ3v) is 7.08. The molecule has 0 aromatic carbocycles. The molecule has 1 atom stereocenters. The Bertz CT molecular complexity index is 1450. The van der Waals surface area contributed by atoms with Crippen LogP contribution in [0.5, 0.6) is 0 Å². The van der Waals surface area contributed by atoms with Gasteiger partial charge < -0.3 is 10.2 Å². The lowest BCUT2D eigenvalue weighted by molar-refractivity contribution is -0.140. The summed E-state index contributed by atoms with van der Waals surface area (Å²) in [5.74, 6) is -0.126. The SMILES string of the molecule is Cc1cc(NC(=O)c2cnn(-c3ccc(C(F)(F)F)cn3)c2C)cnc1C1=CCC(N(C)C(=O)C(C)(C)C)CC1. The van der Waals surface area contributed by atoms with Crippen molar-refractivity contribution in [3.8, 4) is 5.82 Å². The van der Waals surface area contributed by atoms with Crippen LogP contribution in [0.4, 0.5) is 18.9 Å². The first-order valence-electron chi connectivity index (χ1n) is 13.0. The molecule has 1 N–H and O–H groups in total. The van der Waals surface area contributed by atoms with E-state index < -0.39 is 23.1 Å². The first kappa shape index (κ1) is 29.0. The summed E-state index contributed by atoms with van der Waals surface area (Å²) in [5.41, 5.74) is 2.80. The van der Waals surface area contributed by atoms with Crippen LogP contribution in [0.2, 0.25) is 0 Å². The number of pyridine rings is 2. The number of anilines is 1. The zero-order valence-electron chi connectivity index (χ0n) is 23.4. The van der Waals surface area contributed by atoms with E-state index in [1.165, 1.54) is 16.9 Å². The number of carbonyl (C=O) groups excluding carboxylic acids is 2. The molecule has 0 aliphatic heterocycles. The van der Waals surface area contributed by atoms with Crippen LogP contribution in [0.3, 0.4) is 0 Å². The first-order chi connectivity index (χ1) is 18.7. The van der Waals surface area contributed by atoms with Gasteiger partial charge in [0.05, 0.1) is 40.6 Å². The number of nitrogens with zero attached hydrogens (tertiary/aromatic N) is 5. The highest BCUT2D eigenvalue weighted by molar-refractivity contribution is 6.05. The number of carbonyl (C=O) groups is 2. The molecule has 1 aliphatic carbocycles. The number of nitrogens with one attached hydrogen (secondary N) is 1. The normalized spacial score (nSPS) is 15.9. The number of aryl methyl sites for hydroxylation is 1. The fourth-order valence-corrected chi connectivity index (χ4v) is 4.80. The van der Waals surface area contributed by atoms with Crippen LogP contribution >= 0.6 is 0 Å². The summed E-state index contributed by atoms with van der Waals surface area (Å²) in [6.07, 6.45) is 3.73. The van der Waals surface area contributed by atoms with Crippen LogP contribution < -0.4 is 5.32 Å². The molecule has 8 nitrogen and oxygen atoms in total.